The van der Waals surface area contributed by atoms with E-state index in [1.807, 2.05) is 0 Å². The van der Waals surface area contributed by atoms with Crippen molar-refractivity contribution in [2.24, 2.45) is 5.92 Å². The van der Waals surface area contributed by atoms with Gasteiger partial charge < -0.3 is 15.0 Å². The largest absolute Gasteiger partial charge is 0.375 e. The van der Waals surface area contributed by atoms with Crippen LogP contribution in [-0.2, 0) is 4.74 Å². The van der Waals surface area contributed by atoms with Crippen LogP contribution in [0.1, 0.15) is 65.7 Å². The maximum absolute atomic E-state index is 6.08. The molecule has 1 saturated carbocycles. The zero-order valence-corrected chi connectivity index (χ0v) is 14.3. The molecule has 2 heterocycles. The molecule has 0 aromatic heterocycles. The van der Waals surface area contributed by atoms with Gasteiger partial charge in [0.15, 0.2) is 0 Å². The van der Waals surface area contributed by atoms with E-state index < -0.39 is 0 Å². The number of ether oxygens (including phenoxy) is 1. The molecule has 0 radical (unpaired) electrons. The highest BCUT2D eigenvalue weighted by Gasteiger charge is 2.44. The second kappa shape index (κ2) is 6.17. The summed E-state index contributed by atoms with van der Waals surface area (Å²) in [6.07, 6.45) is 9.31. The molecule has 3 heteroatoms. The summed E-state index contributed by atoms with van der Waals surface area (Å²) < 4.78 is 6.08. The molecule has 3 nitrogen and oxygen atoms in total. The van der Waals surface area contributed by atoms with E-state index in [-0.39, 0.29) is 5.54 Å². The summed E-state index contributed by atoms with van der Waals surface area (Å²) in [5.74, 6) is 0.873. The van der Waals surface area contributed by atoms with Gasteiger partial charge in [-0.25, -0.2) is 0 Å². The minimum Gasteiger partial charge on any atom is -0.375 e. The Bertz CT molecular complexity index is 338. The zero-order chi connectivity index (χ0) is 14.9. The lowest BCUT2D eigenvalue weighted by molar-refractivity contribution is -0.150. The molecule has 1 aliphatic carbocycles. The van der Waals surface area contributed by atoms with Crippen LogP contribution in [-0.4, -0.2) is 48.3 Å². The van der Waals surface area contributed by atoms with Crippen molar-refractivity contribution in [3.05, 3.63) is 0 Å². The maximum Gasteiger partial charge on any atom is 0.0697 e. The van der Waals surface area contributed by atoms with Gasteiger partial charge >= 0.3 is 0 Å². The highest BCUT2D eigenvalue weighted by molar-refractivity contribution is 4.97. The second-order valence-electron chi connectivity index (χ2n) is 8.64. The molecule has 1 spiro atoms. The predicted octanol–water partition coefficient (Wildman–Crippen LogP) is 3.19. The fourth-order valence-corrected chi connectivity index (χ4v) is 4.21. The van der Waals surface area contributed by atoms with E-state index >= 15 is 0 Å². The van der Waals surface area contributed by atoms with Crippen molar-refractivity contribution < 1.29 is 4.74 Å². The molecule has 0 aromatic carbocycles. The first-order valence-corrected chi connectivity index (χ1v) is 9.09. The molecular weight excluding hydrogens is 260 g/mol. The molecule has 2 saturated heterocycles. The molecule has 3 aliphatic rings. The lowest BCUT2D eigenvalue weighted by atomic mass is 9.73. The van der Waals surface area contributed by atoms with Crippen LogP contribution in [0.2, 0.25) is 0 Å². The van der Waals surface area contributed by atoms with E-state index in [0.29, 0.717) is 5.60 Å². The van der Waals surface area contributed by atoms with Gasteiger partial charge in [-0.2, -0.15) is 0 Å². The van der Waals surface area contributed by atoms with E-state index in [9.17, 15) is 0 Å². The summed E-state index contributed by atoms with van der Waals surface area (Å²) in [6.45, 7) is 11.6. The summed E-state index contributed by atoms with van der Waals surface area (Å²) in [6, 6.07) is 0.801. The van der Waals surface area contributed by atoms with Gasteiger partial charge in [0.2, 0.25) is 0 Å². The van der Waals surface area contributed by atoms with Gasteiger partial charge in [-0.3, -0.25) is 0 Å². The lowest BCUT2D eigenvalue weighted by Gasteiger charge is -2.50. The molecule has 1 N–H and O–H groups in total. The van der Waals surface area contributed by atoms with E-state index in [0.717, 1.165) is 18.6 Å². The number of nitrogens with one attached hydrogen (secondary N) is 1. The second-order valence-corrected chi connectivity index (χ2v) is 8.64. The standard InChI is InChI=1S/C18H34N2O/c1-17(2,3)19-14-15-5-10-20(11-6-15)16-7-12-21-18(13-16)8-4-9-18/h15-16,19H,4-14H2,1-3H3. The minimum absolute atomic E-state index is 0.258. The van der Waals surface area contributed by atoms with Crippen molar-refractivity contribution >= 4 is 0 Å². The molecular formula is C18H34N2O. The van der Waals surface area contributed by atoms with Gasteiger partial charge in [0.25, 0.3) is 0 Å². The van der Waals surface area contributed by atoms with Gasteiger partial charge in [0.05, 0.1) is 5.60 Å². The Morgan fingerprint density at radius 3 is 2.43 bits per heavy atom. The van der Waals surface area contributed by atoms with Gasteiger partial charge in [0.1, 0.15) is 0 Å². The maximum atomic E-state index is 6.08. The molecule has 0 aromatic rings. The SMILES string of the molecule is CC(C)(C)NCC1CCN(C2CCOC3(CCC3)C2)CC1. The first-order chi connectivity index (χ1) is 9.96. The van der Waals surface area contributed by atoms with E-state index in [1.54, 1.807) is 0 Å². The number of likely N-dealkylation sites (tertiary alicyclic amines) is 1. The third-order valence-corrected chi connectivity index (χ3v) is 5.82. The minimum atomic E-state index is 0.258. The smallest absolute Gasteiger partial charge is 0.0697 e. The van der Waals surface area contributed by atoms with Crippen LogP contribution in [0.3, 0.4) is 0 Å². The molecule has 0 bridgehead atoms. The number of nitrogens with zero attached hydrogens (tertiary/aromatic N) is 1. The Morgan fingerprint density at radius 1 is 1.14 bits per heavy atom. The molecule has 0 amide bonds. The van der Waals surface area contributed by atoms with Crippen LogP contribution >= 0.6 is 0 Å². The predicted molar refractivity (Wildman–Crippen MR) is 87.6 cm³/mol. The number of piperidine rings is 1. The van der Waals surface area contributed by atoms with Gasteiger partial charge in [-0.05, 0) is 91.3 Å². The summed E-state index contributed by atoms with van der Waals surface area (Å²) in [5, 5.41) is 3.68. The van der Waals surface area contributed by atoms with Crippen LogP contribution in [0.15, 0.2) is 0 Å². The third kappa shape index (κ3) is 4.00. The van der Waals surface area contributed by atoms with Crippen LogP contribution in [0, 0.1) is 5.92 Å². The van der Waals surface area contributed by atoms with Crippen molar-refractivity contribution in [1.82, 2.24) is 10.2 Å². The molecule has 21 heavy (non-hydrogen) atoms. The van der Waals surface area contributed by atoms with E-state index in [1.165, 1.54) is 64.6 Å². The summed E-state index contributed by atoms with van der Waals surface area (Å²) in [7, 11) is 0. The average molecular weight is 294 g/mol. The molecule has 3 rings (SSSR count). The van der Waals surface area contributed by atoms with Crippen molar-refractivity contribution in [2.45, 2.75) is 82.9 Å². The topological polar surface area (TPSA) is 24.5 Å². The highest BCUT2D eigenvalue weighted by atomic mass is 16.5. The number of hydrogen-bond acceptors (Lipinski definition) is 3. The molecule has 3 fully saturated rings. The fraction of sp³-hybridized carbons (Fsp3) is 1.00. The van der Waals surface area contributed by atoms with Gasteiger partial charge in [0, 0.05) is 18.2 Å². The van der Waals surface area contributed by atoms with Crippen molar-refractivity contribution in [2.75, 3.05) is 26.2 Å². The first kappa shape index (κ1) is 15.8. The van der Waals surface area contributed by atoms with Gasteiger partial charge in [-0.1, -0.05) is 0 Å². The van der Waals surface area contributed by atoms with Crippen molar-refractivity contribution in [3.63, 3.8) is 0 Å². The molecule has 122 valence electrons. The van der Waals surface area contributed by atoms with Crippen LogP contribution in [0.4, 0.5) is 0 Å². The quantitative estimate of drug-likeness (QED) is 0.865. The molecule has 1 unspecified atom stereocenters. The van der Waals surface area contributed by atoms with Crippen LogP contribution in [0.5, 0.6) is 0 Å². The summed E-state index contributed by atoms with van der Waals surface area (Å²) >= 11 is 0. The first-order valence-electron chi connectivity index (χ1n) is 9.09. The van der Waals surface area contributed by atoms with E-state index in [4.69, 9.17) is 4.74 Å². The van der Waals surface area contributed by atoms with Crippen molar-refractivity contribution in [3.8, 4) is 0 Å². The average Bonchev–Trinajstić information content (AvgIpc) is 2.43. The van der Waals surface area contributed by atoms with E-state index in [2.05, 4.69) is 31.0 Å². The fourth-order valence-electron chi connectivity index (χ4n) is 4.21. The Kier molecular flexibility index (Phi) is 4.63. The Morgan fingerprint density at radius 2 is 1.86 bits per heavy atom. The summed E-state index contributed by atoms with van der Waals surface area (Å²) in [4.78, 5) is 2.77. The molecule has 2 aliphatic heterocycles. The van der Waals surface area contributed by atoms with Crippen LogP contribution < -0.4 is 5.32 Å². The summed E-state index contributed by atoms with van der Waals surface area (Å²) in [5.41, 5.74) is 0.558. The number of hydrogen-bond donors (Lipinski definition) is 1. The Labute approximate surface area is 130 Å². The van der Waals surface area contributed by atoms with Crippen LogP contribution in [0.25, 0.3) is 0 Å². The van der Waals surface area contributed by atoms with Crippen molar-refractivity contribution in [1.29, 1.82) is 0 Å². The number of rotatable bonds is 3. The Hall–Kier alpha value is -0.120. The third-order valence-electron chi connectivity index (χ3n) is 5.82. The van der Waals surface area contributed by atoms with Gasteiger partial charge in [-0.15, -0.1) is 0 Å². The normalized spacial score (nSPS) is 31.3. The highest BCUT2D eigenvalue weighted by Crippen LogP contribution is 2.43. The monoisotopic (exact) mass is 294 g/mol. The molecule has 1 atom stereocenters. The Balaban J connectivity index is 1.43. The lowest BCUT2D eigenvalue weighted by Crippen LogP contribution is -2.54. The zero-order valence-electron chi connectivity index (χ0n) is 14.3.